The van der Waals surface area contributed by atoms with E-state index < -0.39 is 0 Å². The molecular weight excluding hydrogens is 316 g/mol. The number of rotatable bonds is 0. The first kappa shape index (κ1) is 13.6. The number of hydrogen-bond acceptors (Lipinski definition) is 1. The van der Waals surface area contributed by atoms with Crippen LogP contribution in [0, 0.1) is 0 Å². The Bertz CT molecular complexity index is 1100. The summed E-state index contributed by atoms with van der Waals surface area (Å²) in [5.74, 6) is 1.65. The van der Waals surface area contributed by atoms with E-state index in [1.165, 1.54) is 21.9 Å². The van der Waals surface area contributed by atoms with Crippen molar-refractivity contribution in [2.75, 3.05) is 0 Å². The van der Waals surface area contributed by atoms with Gasteiger partial charge in [-0.25, -0.2) is 0 Å². The minimum absolute atomic E-state index is 0.676. The Labute approximate surface area is 145 Å². The van der Waals surface area contributed by atoms with Crippen LogP contribution in [0.1, 0.15) is 0 Å². The van der Waals surface area contributed by atoms with Gasteiger partial charge in [0.1, 0.15) is 11.5 Å². The second-order valence-electron chi connectivity index (χ2n) is 5.95. The predicted octanol–water partition coefficient (Wildman–Crippen LogP) is 6.93. The van der Waals surface area contributed by atoms with Gasteiger partial charge in [-0.15, -0.1) is 0 Å². The highest BCUT2D eigenvalue weighted by Crippen LogP contribution is 2.49. The van der Waals surface area contributed by atoms with E-state index in [-0.39, 0.29) is 0 Å². The van der Waals surface area contributed by atoms with Crippen molar-refractivity contribution >= 4 is 22.4 Å². The number of hydrogen-bond donors (Lipinski definition) is 0. The molecule has 1 aliphatic rings. The van der Waals surface area contributed by atoms with E-state index in [1.807, 2.05) is 30.3 Å². The number of benzene rings is 4. The van der Waals surface area contributed by atoms with Crippen molar-refractivity contribution in [3.05, 3.63) is 83.9 Å². The van der Waals surface area contributed by atoms with E-state index in [9.17, 15) is 0 Å². The fraction of sp³-hybridized carbons (Fsp3) is 0. The molecule has 0 aromatic heterocycles. The molecule has 0 N–H and O–H groups in total. The smallest absolute Gasteiger partial charge is 0.136 e. The molecule has 5 rings (SSSR count). The van der Waals surface area contributed by atoms with Crippen molar-refractivity contribution in [3.63, 3.8) is 0 Å². The van der Waals surface area contributed by atoms with Crippen LogP contribution < -0.4 is 4.74 Å². The molecule has 24 heavy (non-hydrogen) atoms. The van der Waals surface area contributed by atoms with E-state index in [0.717, 1.165) is 22.6 Å². The molecule has 0 spiro atoms. The highest BCUT2D eigenvalue weighted by molar-refractivity contribution is 6.31. The van der Waals surface area contributed by atoms with Gasteiger partial charge in [-0.2, -0.15) is 0 Å². The molecule has 0 radical (unpaired) electrons. The third kappa shape index (κ3) is 1.95. The predicted molar refractivity (Wildman–Crippen MR) is 99.9 cm³/mol. The van der Waals surface area contributed by atoms with Gasteiger partial charge in [-0.05, 0) is 34.5 Å². The SMILES string of the molecule is Clc1ccc2c(c1)Oc1ccccc1-c1ccc3ccccc3c1-2. The molecule has 0 atom stereocenters. The van der Waals surface area contributed by atoms with Gasteiger partial charge in [0.05, 0.1) is 0 Å². The van der Waals surface area contributed by atoms with Gasteiger partial charge in [0, 0.05) is 27.8 Å². The van der Waals surface area contributed by atoms with E-state index in [1.54, 1.807) is 0 Å². The van der Waals surface area contributed by atoms with E-state index in [0.29, 0.717) is 5.02 Å². The Kier molecular flexibility index (Phi) is 2.91. The van der Waals surface area contributed by atoms with E-state index >= 15 is 0 Å². The molecule has 0 saturated heterocycles. The lowest BCUT2D eigenvalue weighted by Gasteiger charge is -2.12. The lowest BCUT2D eigenvalue weighted by molar-refractivity contribution is 0.488. The molecule has 2 heteroatoms. The summed E-state index contributed by atoms with van der Waals surface area (Å²) in [6.45, 7) is 0. The van der Waals surface area contributed by atoms with Crippen LogP contribution in [-0.4, -0.2) is 0 Å². The van der Waals surface area contributed by atoms with E-state index in [2.05, 4.69) is 48.5 Å². The van der Waals surface area contributed by atoms with Gasteiger partial charge in [0.25, 0.3) is 0 Å². The summed E-state index contributed by atoms with van der Waals surface area (Å²) < 4.78 is 6.23. The zero-order valence-electron chi connectivity index (χ0n) is 12.8. The van der Waals surface area contributed by atoms with Crippen LogP contribution >= 0.6 is 11.6 Å². The first-order valence-corrected chi connectivity index (χ1v) is 8.28. The molecule has 0 aliphatic carbocycles. The molecular formula is C22H13ClO. The highest BCUT2D eigenvalue weighted by Gasteiger charge is 2.22. The molecule has 114 valence electrons. The second-order valence-corrected chi connectivity index (χ2v) is 6.38. The minimum Gasteiger partial charge on any atom is -0.456 e. The van der Waals surface area contributed by atoms with Crippen LogP contribution in [0.25, 0.3) is 33.0 Å². The van der Waals surface area contributed by atoms with Crippen LogP contribution in [0.15, 0.2) is 78.9 Å². The van der Waals surface area contributed by atoms with Crippen LogP contribution in [0.2, 0.25) is 5.02 Å². The lowest BCUT2D eigenvalue weighted by Crippen LogP contribution is -1.86. The quantitative estimate of drug-likeness (QED) is 0.299. The molecule has 0 fully saturated rings. The third-order valence-corrected chi connectivity index (χ3v) is 4.77. The highest BCUT2D eigenvalue weighted by atomic mass is 35.5. The van der Waals surface area contributed by atoms with Crippen molar-refractivity contribution in [1.82, 2.24) is 0 Å². The zero-order chi connectivity index (χ0) is 16.1. The van der Waals surface area contributed by atoms with Gasteiger partial charge in [0.2, 0.25) is 0 Å². The number of ether oxygens (including phenoxy) is 1. The fourth-order valence-electron chi connectivity index (χ4n) is 3.47. The normalized spacial score (nSPS) is 11.9. The van der Waals surface area contributed by atoms with Crippen LogP contribution in [0.3, 0.4) is 0 Å². The Hall–Kier alpha value is -2.77. The largest absolute Gasteiger partial charge is 0.456 e. The maximum Gasteiger partial charge on any atom is 0.136 e. The summed E-state index contributed by atoms with van der Waals surface area (Å²) in [4.78, 5) is 0. The number of halogens is 1. The molecule has 1 nitrogen and oxygen atoms in total. The second kappa shape index (κ2) is 5.12. The van der Waals surface area contributed by atoms with Crippen molar-refractivity contribution in [2.24, 2.45) is 0 Å². The Balaban J connectivity index is 1.99. The fourth-order valence-corrected chi connectivity index (χ4v) is 3.63. The average molecular weight is 329 g/mol. The minimum atomic E-state index is 0.676. The van der Waals surface area contributed by atoms with Gasteiger partial charge in [0.15, 0.2) is 0 Å². The molecule has 4 aromatic rings. The summed E-state index contributed by atoms with van der Waals surface area (Å²) in [6, 6.07) is 26.8. The number of para-hydroxylation sites is 1. The summed E-state index contributed by atoms with van der Waals surface area (Å²) >= 11 is 6.22. The molecule has 0 saturated carbocycles. The van der Waals surface area contributed by atoms with Crippen molar-refractivity contribution < 1.29 is 4.74 Å². The Morgan fingerprint density at radius 2 is 1.42 bits per heavy atom. The molecule has 1 heterocycles. The zero-order valence-corrected chi connectivity index (χ0v) is 13.5. The lowest BCUT2D eigenvalue weighted by atomic mass is 9.90. The number of fused-ring (bicyclic) bond motifs is 7. The van der Waals surface area contributed by atoms with Gasteiger partial charge in [-0.3, -0.25) is 0 Å². The van der Waals surface area contributed by atoms with Crippen LogP contribution in [-0.2, 0) is 0 Å². The first-order valence-electron chi connectivity index (χ1n) is 7.90. The Morgan fingerprint density at radius 1 is 0.625 bits per heavy atom. The monoisotopic (exact) mass is 328 g/mol. The molecule has 0 amide bonds. The average Bonchev–Trinajstić information content (AvgIpc) is 2.75. The summed E-state index contributed by atoms with van der Waals surface area (Å²) in [5, 5.41) is 3.12. The van der Waals surface area contributed by atoms with E-state index in [4.69, 9.17) is 16.3 Å². The molecule has 0 unspecified atom stereocenters. The van der Waals surface area contributed by atoms with Crippen LogP contribution in [0.4, 0.5) is 0 Å². The van der Waals surface area contributed by atoms with Gasteiger partial charge in [-0.1, -0.05) is 66.2 Å². The Morgan fingerprint density at radius 3 is 2.38 bits per heavy atom. The summed E-state index contributed by atoms with van der Waals surface area (Å²) in [6.07, 6.45) is 0. The van der Waals surface area contributed by atoms with Crippen LogP contribution in [0.5, 0.6) is 11.5 Å². The van der Waals surface area contributed by atoms with Gasteiger partial charge < -0.3 is 4.74 Å². The van der Waals surface area contributed by atoms with Crippen molar-refractivity contribution in [2.45, 2.75) is 0 Å². The summed E-state index contributed by atoms with van der Waals surface area (Å²) in [5.41, 5.74) is 4.56. The molecule has 0 bridgehead atoms. The first-order chi connectivity index (χ1) is 11.8. The maximum atomic E-state index is 6.23. The topological polar surface area (TPSA) is 9.23 Å². The third-order valence-electron chi connectivity index (χ3n) is 4.54. The van der Waals surface area contributed by atoms with Crippen molar-refractivity contribution in [3.8, 4) is 33.8 Å². The molecule has 4 aromatic carbocycles. The van der Waals surface area contributed by atoms with Gasteiger partial charge >= 0.3 is 0 Å². The molecule has 1 aliphatic heterocycles. The van der Waals surface area contributed by atoms with Crippen molar-refractivity contribution in [1.29, 1.82) is 0 Å². The standard InChI is InChI=1S/C22H13ClO/c23-15-10-12-19-21(13-15)24-20-8-4-3-7-17(20)18-11-9-14-5-1-2-6-16(14)22(18)19/h1-13H. The summed E-state index contributed by atoms with van der Waals surface area (Å²) in [7, 11) is 0. The maximum absolute atomic E-state index is 6.23.